The Morgan fingerprint density at radius 1 is 1.17 bits per heavy atom. The zero-order chi connectivity index (χ0) is 17.6. The molecule has 0 aromatic heterocycles. The van der Waals surface area contributed by atoms with E-state index in [4.69, 9.17) is 0 Å². The Kier molecular flexibility index (Phi) is 4.12. The Bertz CT molecular complexity index is 731. The van der Waals surface area contributed by atoms with Crippen LogP contribution in [0.2, 0.25) is 0 Å². The lowest BCUT2D eigenvalue weighted by atomic mass is 9.69. The van der Waals surface area contributed by atoms with Gasteiger partial charge in [0.1, 0.15) is 0 Å². The first-order chi connectivity index (χ1) is 11.2. The van der Waals surface area contributed by atoms with E-state index in [2.05, 4.69) is 19.9 Å². The first-order valence-electron chi connectivity index (χ1n) is 8.52. The first kappa shape index (κ1) is 16.9. The van der Waals surface area contributed by atoms with Crippen molar-refractivity contribution in [3.8, 4) is 0 Å². The fraction of sp³-hybridized carbons (Fsp3) is 0.500. The number of amides is 1. The van der Waals surface area contributed by atoms with Gasteiger partial charge in [-0.05, 0) is 24.3 Å². The molecule has 24 heavy (non-hydrogen) atoms. The molecule has 1 amide bonds. The topological polar surface area (TPSA) is 40.6 Å². The summed E-state index contributed by atoms with van der Waals surface area (Å²) in [7, 11) is 3.73. The standard InChI is InChI=1S/C20H26N2O2/c1-13-7-6-8-14(9-13)15-10-18(24)22(21(4)5)16-11-20(2,3)12-17(23)19(15)16/h6-9,15H,10-12H2,1-5H3/t15-/m0/s1. The van der Waals surface area contributed by atoms with Gasteiger partial charge >= 0.3 is 0 Å². The van der Waals surface area contributed by atoms with Crippen LogP contribution in [-0.2, 0) is 9.59 Å². The van der Waals surface area contributed by atoms with E-state index < -0.39 is 0 Å². The van der Waals surface area contributed by atoms with Gasteiger partial charge in [0.05, 0.1) is 0 Å². The van der Waals surface area contributed by atoms with E-state index in [1.165, 1.54) is 0 Å². The largest absolute Gasteiger partial charge is 0.294 e. The number of carbonyl (C=O) groups excluding carboxylic acids is 2. The van der Waals surface area contributed by atoms with Crippen LogP contribution in [0, 0.1) is 12.3 Å². The van der Waals surface area contributed by atoms with Crippen LogP contribution in [0.25, 0.3) is 0 Å². The Balaban J connectivity index is 2.17. The van der Waals surface area contributed by atoms with E-state index in [1.807, 2.05) is 39.2 Å². The van der Waals surface area contributed by atoms with Crippen molar-refractivity contribution in [3.63, 3.8) is 0 Å². The van der Waals surface area contributed by atoms with Gasteiger partial charge in [0.2, 0.25) is 5.91 Å². The second kappa shape index (κ2) is 5.85. The van der Waals surface area contributed by atoms with Gasteiger partial charge in [0, 0.05) is 44.1 Å². The minimum Gasteiger partial charge on any atom is -0.294 e. The molecule has 0 saturated carbocycles. The van der Waals surface area contributed by atoms with Gasteiger partial charge in [-0.25, -0.2) is 10.0 Å². The van der Waals surface area contributed by atoms with E-state index in [-0.39, 0.29) is 23.0 Å². The fourth-order valence-electron chi connectivity index (χ4n) is 4.04. The van der Waals surface area contributed by atoms with Crippen molar-refractivity contribution in [3.05, 3.63) is 46.7 Å². The number of allylic oxidation sites excluding steroid dienone is 2. The number of benzene rings is 1. The quantitative estimate of drug-likeness (QED) is 0.836. The number of hydrogen-bond acceptors (Lipinski definition) is 3. The molecule has 0 unspecified atom stereocenters. The average molecular weight is 326 g/mol. The smallest absolute Gasteiger partial charge is 0.242 e. The molecule has 3 rings (SSSR count). The van der Waals surface area contributed by atoms with Crippen LogP contribution in [0.15, 0.2) is 35.5 Å². The zero-order valence-corrected chi connectivity index (χ0v) is 15.2. The molecule has 4 nitrogen and oxygen atoms in total. The average Bonchev–Trinajstić information content (AvgIpc) is 2.44. The van der Waals surface area contributed by atoms with E-state index in [1.54, 1.807) is 10.0 Å². The van der Waals surface area contributed by atoms with Crippen LogP contribution in [0.4, 0.5) is 0 Å². The number of nitrogens with zero attached hydrogens (tertiary/aromatic N) is 2. The Morgan fingerprint density at radius 2 is 1.88 bits per heavy atom. The van der Waals surface area contributed by atoms with E-state index in [0.29, 0.717) is 12.8 Å². The summed E-state index contributed by atoms with van der Waals surface area (Å²) in [6.07, 6.45) is 1.65. The van der Waals surface area contributed by atoms with Crippen LogP contribution in [0.5, 0.6) is 0 Å². The highest BCUT2D eigenvalue weighted by atomic mass is 16.2. The van der Waals surface area contributed by atoms with Crippen LogP contribution >= 0.6 is 0 Å². The van der Waals surface area contributed by atoms with Crippen molar-refractivity contribution in [1.82, 2.24) is 10.0 Å². The molecule has 0 spiro atoms. The maximum Gasteiger partial charge on any atom is 0.242 e. The van der Waals surface area contributed by atoms with Crippen molar-refractivity contribution in [2.75, 3.05) is 14.1 Å². The number of hydrazine groups is 1. The van der Waals surface area contributed by atoms with Gasteiger partial charge < -0.3 is 0 Å². The minimum atomic E-state index is -0.118. The number of carbonyl (C=O) groups is 2. The van der Waals surface area contributed by atoms with E-state index >= 15 is 0 Å². The molecule has 1 aromatic carbocycles. The Hall–Kier alpha value is -1.94. The summed E-state index contributed by atoms with van der Waals surface area (Å²) in [4.78, 5) is 25.8. The van der Waals surface area contributed by atoms with Crippen LogP contribution < -0.4 is 0 Å². The molecule has 128 valence electrons. The number of hydrogen-bond donors (Lipinski definition) is 0. The van der Waals surface area contributed by atoms with Gasteiger partial charge in [-0.2, -0.15) is 0 Å². The van der Waals surface area contributed by atoms with Crippen LogP contribution in [0.1, 0.15) is 50.2 Å². The van der Waals surface area contributed by atoms with Crippen LogP contribution in [-0.4, -0.2) is 35.8 Å². The number of rotatable bonds is 2. The molecule has 0 saturated heterocycles. The van der Waals surface area contributed by atoms with Gasteiger partial charge in [0.15, 0.2) is 5.78 Å². The van der Waals surface area contributed by atoms with Gasteiger partial charge in [-0.15, -0.1) is 0 Å². The van der Waals surface area contributed by atoms with Crippen molar-refractivity contribution < 1.29 is 9.59 Å². The molecule has 1 heterocycles. The van der Waals surface area contributed by atoms with E-state index in [0.717, 1.165) is 28.8 Å². The highest BCUT2D eigenvalue weighted by Crippen LogP contribution is 2.47. The predicted molar refractivity (Wildman–Crippen MR) is 94.1 cm³/mol. The van der Waals surface area contributed by atoms with Gasteiger partial charge in [0.25, 0.3) is 0 Å². The summed E-state index contributed by atoms with van der Waals surface area (Å²) in [6.45, 7) is 6.24. The van der Waals surface area contributed by atoms with Crippen molar-refractivity contribution >= 4 is 11.7 Å². The molecule has 1 aromatic rings. The summed E-state index contributed by atoms with van der Waals surface area (Å²) in [5.41, 5.74) is 3.85. The summed E-state index contributed by atoms with van der Waals surface area (Å²) >= 11 is 0. The molecule has 0 N–H and O–H groups in total. The fourth-order valence-corrected chi connectivity index (χ4v) is 4.04. The molecular formula is C20H26N2O2. The highest BCUT2D eigenvalue weighted by molar-refractivity contribution is 6.01. The lowest BCUT2D eigenvalue weighted by Crippen LogP contribution is -2.49. The lowest BCUT2D eigenvalue weighted by molar-refractivity contribution is -0.143. The van der Waals surface area contributed by atoms with Gasteiger partial charge in [-0.3, -0.25) is 9.59 Å². The molecule has 1 atom stereocenters. The first-order valence-corrected chi connectivity index (χ1v) is 8.52. The van der Waals surface area contributed by atoms with Crippen LogP contribution in [0.3, 0.4) is 0 Å². The van der Waals surface area contributed by atoms with Gasteiger partial charge in [-0.1, -0.05) is 43.7 Å². The second-order valence-corrected chi connectivity index (χ2v) is 8.02. The number of Topliss-reactive ketones (excluding diaryl/α,β-unsaturated/α-hetero) is 1. The lowest BCUT2D eigenvalue weighted by Gasteiger charge is -2.44. The Labute approximate surface area is 144 Å². The number of ketones is 1. The predicted octanol–water partition coefficient (Wildman–Crippen LogP) is 3.43. The Morgan fingerprint density at radius 3 is 2.50 bits per heavy atom. The molecule has 1 aliphatic heterocycles. The monoisotopic (exact) mass is 326 g/mol. The molecule has 4 heteroatoms. The summed E-state index contributed by atoms with van der Waals surface area (Å²) in [6, 6.07) is 8.18. The molecule has 0 radical (unpaired) electrons. The maximum atomic E-state index is 13.0. The van der Waals surface area contributed by atoms with Crippen molar-refractivity contribution in [1.29, 1.82) is 0 Å². The third-order valence-electron chi connectivity index (χ3n) is 4.96. The maximum absolute atomic E-state index is 13.0. The second-order valence-electron chi connectivity index (χ2n) is 8.02. The SMILES string of the molecule is Cc1cccc([C@@H]2CC(=O)N(N(C)C)C3=C2C(=O)CC(C)(C)C3)c1. The summed E-state index contributed by atoms with van der Waals surface area (Å²) < 4.78 is 0. The molecule has 1 aliphatic carbocycles. The minimum absolute atomic E-state index is 0.0655. The summed E-state index contributed by atoms with van der Waals surface area (Å²) in [5.74, 6) is 0.134. The zero-order valence-electron chi connectivity index (χ0n) is 15.2. The molecule has 2 aliphatic rings. The third kappa shape index (κ3) is 2.91. The van der Waals surface area contributed by atoms with E-state index in [9.17, 15) is 9.59 Å². The normalized spacial score (nSPS) is 23.8. The summed E-state index contributed by atoms with van der Waals surface area (Å²) in [5, 5.41) is 3.51. The highest BCUT2D eigenvalue weighted by Gasteiger charge is 2.44. The molecule has 0 fully saturated rings. The van der Waals surface area contributed by atoms with Crippen molar-refractivity contribution in [2.45, 2.75) is 46.0 Å². The third-order valence-corrected chi connectivity index (χ3v) is 4.96. The molecular weight excluding hydrogens is 300 g/mol. The van der Waals surface area contributed by atoms with Crippen molar-refractivity contribution in [2.24, 2.45) is 5.41 Å². The number of aryl methyl sites for hydroxylation is 1. The molecule has 0 bridgehead atoms.